The molecule has 2 aliphatic heterocycles. The molecule has 2 N–H and O–H groups in total. The summed E-state index contributed by atoms with van der Waals surface area (Å²) in [5, 5.41) is 7.41. The molecule has 4 rings (SSSR count). The summed E-state index contributed by atoms with van der Waals surface area (Å²) in [6.07, 6.45) is 5.62. The van der Waals surface area contributed by atoms with Crippen LogP contribution in [-0.2, 0) is 9.53 Å². The van der Waals surface area contributed by atoms with Crippen LogP contribution < -0.4 is 10.6 Å². The molecule has 3 atom stereocenters. The van der Waals surface area contributed by atoms with E-state index in [2.05, 4.69) is 36.3 Å². The van der Waals surface area contributed by atoms with Crippen molar-refractivity contribution >= 4 is 23.6 Å². The number of rotatable bonds is 4. The Bertz CT molecular complexity index is 612. The monoisotopic (exact) mass is 422 g/mol. The average Bonchev–Trinajstić information content (AvgIpc) is 3.20. The third-order valence-electron chi connectivity index (χ3n) is 7.45. The molecule has 0 aromatic rings. The van der Waals surface area contributed by atoms with Gasteiger partial charge in [-0.25, -0.2) is 0 Å². The predicted molar refractivity (Wildman–Crippen MR) is 119 cm³/mol. The lowest BCUT2D eigenvalue weighted by Crippen LogP contribution is -2.68. The number of hydrogen-bond acceptors (Lipinski definition) is 4. The van der Waals surface area contributed by atoms with E-state index in [1.54, 1.807) is 0 Å². The number of nitrogens with zero attached hydrogens (tertiary/aromatic N) is 2. The summed E-state index contributed by atoms with van der Waals surface area (Å²) >= 11 is 1.96. The quantitative estimate of drug-likeness (QED) is 0.538. The standard InChI is InChI=1S/C22H38N4O2S/c1-4-23-21(25-18-17-9-12-28-19(17)22(18,2)3)24-16-7-5-15(6-8-16)20(27)26-10-13-29-14-11-26/h15-19H,4-14H2,1-3H3,(H2,23,24,25). The van der Waals surface area contributed by atoms with Gasteiger partial charge in [-0.1, -0.05) is 13.8 Å². The second kappa shape index (κ2) is 9.04. The first-order valence-electron chi connectivity index (χ1n) is 11.6. The van der Waals surface area contributed by atoms with Crippen molar-refractivity contribution in [1.29, 1.82) is 0 Å². The molecule has 4 fully saturated rings. The number of carbonyl (C=O) groups is 1. The van der Waals surface area contributed by atoms with E-state index in [0.29, 0.717) is 30.0 Å². The van der Waals surface area contributed by atoms with Crippen LogP contribution in [0.15, 0.2) is 4.99 Å². The highest BCUT2D eigenvalue weighted by Crippen LogP contribution is 2.52. The van der Waals surface area contributed by atoms with Crippen LogP contribution in [0.1, 0.15) is 52.9 Å². The number of fused-ring (bicyclic) bond motifs is 1. The highest BCUT2D eigenvalue weighted by molar-refractivity contribution is 7.99. The van der Waals surface area contributed by atoms with Gasteiger partial charge in [-0.05, 0) is 39.0 Å². The molecule has 0 bridgehead atoms. The van der Waals surface area contributed by atoms with E-state index in [9.17, 15) is 4.79 Å². The number of nitrogens with one attached hydrogen (secondary N) is 2. The Kier molecular flexibility index (Phi) is 6.64. The number of guanidine groups is 1. The smallest absolute Gasteiger partial charge is 0.225 e. The molecule has 4 aliphatic rings. The zero-order valence-corrected chi connectivity index (χ0v) is 19.1. The van der Waals surface area contributed by atoms with Gasteiger partial charge >= 0.3 is 0 Å². The molecule has 2 aliphatic carbocycles. The summed E-state index contributed by atoms with van der Waals surface area (Å²) in [6, 6.07) is 0.829. The first-order chi connectivity index (χ1) is 14.0. The lowest BCUT2D eigenvalue weighted by Gasteiger charge is -2.55. The maximum atomic E-state index is 12.8. The molecule has 0 radical (unpaired) electrons. The fourth-order valence-electron chi connectivity index (χ4n) is 5.78. The second-order valence-electron chi connectivity index (χ2n) is 9.64. The number of ether oxygens (including phenoxy) is 1. The van der Waals surface area contributed by atoms with Gasteiger partial charge in [-0.2, -0.15) is 11.8 Å². The Morgan fingerprint density at radius 2 is 1.86 bits per heavy atom. The Balaban J connectivity index is 1.28. The molecule has 6 nitrogen and oxygen atoms in total. The van der Waals surface area contributed by atoms with Gasteiger partial charge in [0, 0.05) is 67.1 Å². The van der Waals surface area contributed by atoms with E-state index in [1.165, 1.54) is 0 Å². The minimum Gasteiger partial charge on any atom is -0.377 e. The van der Waals surface area contributed by atoms with E-state index in [1.807, 2.05) is 11.8 Å². The summed E-state index contributed by atoms with van der Waals surface area (Å²) in [5.74, 6) is 4.35. The van der Waals surface area contributed by atoms with Crippen LogP contribution in [0, 0.1) is 17.3 Å². The van der Waals surface area contributed by atoms with Crippen LogP contribution >= 0.6 is 11.8 Å². The van der Waals surface area contributed by atoms with E-state index in [4.69, 9.17) is 9.73 Å². The molecule has 164 valence electrons. The molecule has 2 saturated carbocycles. The Morgan fingerprint density at radius 1 is 1.14 bits per heavy atom. The van der Waals surface area contributed by atoms with Gasteiger partial charge in [-0.15, -0.1) is 0 Å². The number of amides is 1. The fraction of sp³-hybridized carbons (Fsp3) is 0.909. The summed E-state index contributed by atoms with van der Waals surface area (Å²) in [5.41, 5.74) is 0.147. The number of aliphatic imine (C=N–C) groups is 1. The van der Waals surface area contributed by atoms with Crippen molar-refractivity contribution < 1.29 is 9.53 Å². The lowest BCUT2D eigenvalue weighted by molar-refractivity contribution is -0.136. The highest BCUT2D eigenvalue weighted by atomic mass is 32.2. The van der Waals surface area contributed by atoms with Crippen LogP contribution in [0.2, 0.25) is 0 Å². The van der Waals surface area contributed by atoms with Crippen LogP contribution in [0.25, 0.3) is 0 Å². The Labute approximate surface area is 180 Å². The van der Waals surface area contributed by atoms with E-state index >= 15 is 0 Å². The van der Waals surface area contributed by atoms with Crippen molar-refractivity contribution in [3.63, 3.8) is 0 Å². The topological polar surface area (TPSA) is 66.0 Å². The normalized spacial score (nSPS) is 36.9. The minimum absolute atomic E-state index is 0.147. The van der Waals surface area contributed by atoms with Crippen molar-refractivity contribution in [3.05, 3.63) is 0 Å². The van der Waals surface area contributed by atoms with Crippen LogP contribution in [-0.4, -0.2) is 72.7 Å². The van der Waals surface area contributed by atoms with Gasteiger partial charge in [0.05, 0.1) is 6.10 Å². The van der Waals surface area contributed by atoms with Crippen LogP contribution in [0.5, 0.6) is 0 Å². The molecule has 2 heterocycles. The fourth-order valence-corrected chi connectivity index (χ4v) is 6.68. The molecule has 0 spiro atoms. The molecule has 29 heavy (non-hydrogen) atoms. The maximum absolute atomic E-state index is 12.8. The third-order valence-corrected chi connectivity index (χ3v) is 8.39. The lowest BCUT2D eigenvalue weighted by atomic mass is 9.57. The summed E-state index contributed by atoms with van der Waals surface area (Å²) in [7, 11) is 0. The molecular formula is C22H38N4O2S. The Hall–Kier alpha value is -0.950. The van der Waals surface area contributed by atoms with Gasteiger partial charge in [0.15, 0.2) is 5.96 Å². The summed E-state index contributed by atoms with van der Waals surface area (Å²) < 4.78 is 5.94. The average molecular weight is 423 g/mol. The van der Waals surface area contributed by atoms with Gasteiger partial charge in [0.2, 0.25) is 5.91 Å². The first kappa shape index (κ1) is 21.3. The summed E-state index contributed by atoms with van der Waals surface area (Å²) in [6.45, 7) is 10.2. The SMILES string of the molecule is CCN=C(NC1CCC(C(=O)N2CCSCC2)CC1)NC1C2CCOC2C1(C)C. The Morgan fingerprint density at radius 3 is 2.55 bits per heavy atom. The van der Waals surface area contributed by atoms with Gasteiger partial charge in [-0.3, -0.25) is 9.79 Å². The maximum Gasteiger partial charge on any atom is 0.225 e. The molecular weight excluding hydrogens is 384 g/mol. The van der Waals surface area contributed by atoms with Crippen molar-refractivity contribution in [2.75, 3.05) is 37.7 Å². The minimum atomic E-state index is 0.147. The molecule has 0 aromatic carbocycles. The second-order valence-corrected chi connectivity index (χ2v) is 10.9. The van der Waals surface area contributed by atoms with Crippen molar-refractivity contribution in [2.45, 2.75) is 71.1 Å². The van der Waals surface area contributed by atoms with Crippen molar-refractivity contribution in [3.8, 4) is 0 Å². The molecule has 1 amide bonds. The van der Waals surface area contributed by atoms with E-state index < -0.39 is 0 Å². The predicted octanol–water partition coefficient (Wildman–Crippen LogP) is 2.49. The van der Waals surface area contributed by atoms with Gasteiger partial charge in [0.25, 0.3) is 0 Å². The van der Waals surface area contributed by atoms with Gasteiger partial charge in [0.1, 0.15) is 0 Å². The molecule has 2 saturated heterocycles. The third kappa shape index (κ3) is 4.41. The zero-order valence-electron chi connectivity index (χ0n) is 18.3. The first-order valence-corrected chi connectivity index (χ1v) is 12.7. The summed E-state index contributed by atoms with van der Waals surface area (Å²) in [4.78, 5) is 19.6. The highest BCUT2D eigenvalue weighted by Gasteiger charge is 2.59. The number of hydrogen-bond donors (Lipinski definition) is 2. The van der Waals surface area contributed by atoms with Crippen molar-refractivity contribution in [1.82, 2.24) is 15.5 Å². The van der Waals surface area contributed by atoms with Crippen LogP contribution in [0.4, 0.5) is 0 Å². The number of carbonyl (C=O) groups excluding carboxylic acids is 1. The van der Waals surface area contributed by atoms with E-state index in [-0.39, 0.29) is 11.3 Å². The molecule has 3 unspecified atom stereocenters. The van der Waals surface area contributed by atoms with E-state index in [0.717, 1.165) is 75.8 Å². The van der Waals surface area contributed by atoms with Crippen LogP contribution in [0.3, 0.4) is 0 Å². The van der Waals surface area contributed by atoms with Gasteiger partial charge < -0.3 is 20.3 Å². The molecule has 0 aromatic heterocycles. The zero-order chi connectivity index (χ0) is 20.4. The largest absolute Gasteiger partial charge is 0.377 e. The van der Waals surface area contributed by atoms with Crippen molar-refractivity contribution in [2.24, 2.45) is 22.2 Å². The number of thioether (sulfide) groups is 1. The molecule has 7 heteroatoms.